The van der Waals surface area contributed by atoms with Gasteiger partial charge in [0.1, 0.15) is 0 Å². The van der Waals surface area contributed by atoms with E-state index < -0.39 is 12.0 Å². The molecule has 4 heteroatoms. The van der Waals surface area contributed by atoms with Gasteiger partial charge in [0.05, 0.1) is 6.42 Å². The summed E-state index contributed by atoms with van der Waals surface area (Å²) < 4.78 is 0. The summed E-state index contributed by atoms with van der Waals surface area (Å²) in [5, 5.41) is 8.53. The molecule has 1 unspecified atom stereocenters. The molecule has 1 atom stereocenters. The van der Waals surface area contributed by atoms with Crippen molar-refractivity contribution in [3.63, 3.8) is 0 Å². The Morgan fingerprint density at radius 3 is 3.00 bits per heavy atom. The number of aromatic nitrogens is 1. The average molecular weight is 190 g/mol. The van der Waals surface area contributed by atoms with Gasteiger partial charge in [0.2, 0.25) is 0 Å². The highest BCUT2D eigenvalue weighted by Gasteiger charge is 2.10. The lowest BCUT2D eigenvalue weighted by molar-refractivity contribution is -0.137. The van der Waals surface area contributed by atoms with Gasteiger partial charge in [-0.3, -0.25) is 9.78 Å². The van der Waals surface area contributed by atoms with Crippen LogP contribution in [0.25, 0.3) is 0 Å². The quantitative estimate of drug-likeness (QED) is 0.682. The number of carbonyl (C=O) groups is 1. The van der Waals surface area contributed by atoms with E-state index in [1.165, 1.54) is 12.4 Å². The van der Waals surface area contributed by atoms with Crippen LogP contribution in [0, 0.1) is 12.3 Å². The Bertz CT molecular complexity index is 382. The van der Waals surface area contributed by atoms with Crippen molar-refractivity contribution < 1.29 is 9.90 Å². The molecule has 1 aromatic heterocycles. The highest BCUT2D eigenvalue weighted by Crippen LogP contribution is 2.13. The van der Waals surface area contributed by atoms with Crippen LogP contribution < -0.4 is 5.73 Å². The molecule has 0 aromatic carbocycles. The van der Waals surface area contributed by atoms with Crippen molar-refractivity contribution in [2.45, 2.75) is 12.5 Å². The van der Waals surface area contributed by atoms with E-state index in [2.05, 4.69) is 10.9 Å². The second-order valence-corrected chi connectivity index (χ2v) is 2.86. The molecule has 0 fully saturated rings. The van der Waals surface area contributed by atoms with E-state index in [0.717, 1.165) is 0 Å². The number of nitrogens with zero attached hydrogens (tertiary/aromatic N) is 1. The lowest BCUT2D eigenvalue weighted by Crippen LogP contribution is -2.15. The van der Waals surface area contributed by atoms with Gasteiger partial charge < -0.3 is 10.8 Å². The Labute approximate surface area is 81.8 Å². The molecule has 4 nitrogen and oxygen atoms in total. The third-order valence-corrected chi connectivity index (χ3v) is 1.75. The minimum absolute atomic E-state index is 0.129. The van der Waals surface area contributed by atoms with Crippen LogP contribution in [-0.4, -0.2) is 16.1 Å². The molecule has 0 saturated heterocycles. The summed E-state index contributed by atoms with van der Waals surface area (Å²) in [7, 11) is 0. The third-order valence-electron chi connectivity index (χ3n) is 1.75. The fourth-order valence-corrected chi connectivity index (χ4v) is 1.05. The monoisotopic (exact) mass is 190 g/mol. The summed E-state index contributed by atoms with van der Waals surface area (Å²) in [5.74, 6) is 1.47. The maximum Gasteiger partial charge on any atom is 0.305 e. The Balaban J connectivity index is 2.85. The van der Waals surface area contributed by atoms with Gasteiger partial charge in [-0.15, -0.1) is 6.42 Å². The molecule has 0 aliphatic rings. The Hall–Kier alpha value is -1.86. The number of aliphatic carboxylic acids is 1. The smallest absolute Gasteiger partial charge is 0.305 e. The number of hydrogen-bond acceptors (Lipinski definition) is 3. The van der Waals surface area contributed by atoms with E-state index in [-0.39, 0.29) is 6.42 Å². The minimum Gasteiger partial charge on any atom is -0.481 e. The zero-order valence-corrected chi connectivity index (χ0v) is 7.47. The molecule has 0 bridgehead atoms. The number of carboxylic acid groups (broad SMARTS) is 1. The highest BCUT2D eigenvalue weighted by molar-refractivity contribution is 5.67. The number of pyridine rings is 1. The van der Waals surface area contributed by atoms with E-state index in [1.54, 1.807) is 6.07 Å². The molecule has 0 aliphatic carbocycles. The molecule has 0 amide bonds. The normalized spacial score (nSPS) is 11.7. The fraction of sp³-hybridized carbons (Fsp3) is 0.200. The number of rotatable bonds is 3. The first-order valence-corrected chi connectivity index (χ1v) is 4.02. The zero-order valence-electron chi connectivity index (χ0n) is 7.47. The van der Waals surface area contributed by atoms with Crippen molar-refractivity contribution in [1.29, 1.82) is 0 Å². The van der Waals surface area contributed by atoms with E-state index in [1.807, 2.05) is 0 Å². The maximum absolute atomic E-state index is 10.4. The van der Waals surface area contributed by atoms with Crippen molar-refractivity contribution in [2.75, 3.05) is 0 Å². The number of carboxylic acids is 1. The largest absolute Gasteiger partial charge is 0.481 e. The Morgan fingerprint density at radius 2 is 2.43 bits per heavy atom. The van der Waals surface area contributed by atoms with Crippen molar-refractivity contribution >= 4 is 5.97 Å². The van der Waals surface area contributed by atoms with Crippen molar-refractivity contribution in [3.05, 3.63) is 29.6 Å². The van der Waals surface area contributed by atoms with Crippen LogP contribution in [-0.2, 0) is 4.79 Å². The van der Waals surface area contributed by atoms with Crippen LogP contribution in [0.1, 0.15) is 23.6 Å². The van der Waals surface area contributed by atoms with E-state index >= 15 is 0 Å². The Kier molecular flexibility index (Phi) is 3.21. The van der Waals surface area contributed by atoms with Crippen molar-refractivity contribution in [2.24, 2.45) is 5.73 Å². The lowest BCUT2D eigenvalue weighted by atomic mass is 10.1. The van der Waals surface area contributed by atoms with Gasteiger partial charge in [-0.1, -0.05) is 5.92 Å². The summed E-state index contributed by atoms with van der Waals surface area (Å²) in [6, 6.07) is 1.11. The standard InChI is InChI=1S/C10H10N2O2/c1-2-7-3-8(6-12-5-7)9(11)4-10(13)14/h1,3,5-6,9H,4,11H2,(H,13,14). The predicted molar refractivity (Wildman–Crippen MR) is 51.4 cm³/mol. The van der Waals surface area contributed by atoms with Crippen LogP contribution in [0.4, 0.5) is 0 Å². The van der Waals surface area contributed by atoms with Crippen LogP contribution in [0.3, 0.4) is 0 Å². The van der Waals surface area contributed by atoms with E-state index in [0.29, 0.717) is 11.1 Å². The molecule has 3 N–H and O–H groups in total. The van der Waals surface area contributed by atoms with Gasteiger partial charge in [-0.05, 0) is 11.6 Å². The first kappa shape index (κ1) is 10.2. The topological polar surface area (TPSA) is 76.2 Å². The van der Waals surface area contributed by atoms with Crippen LogP contribution in [0.5, 0.6) is 0 Å². The Morgan fingerprint density at radius 1 is 1.71 bits per heavy atom. The molecule has 1 rings (SSSR count). The predicted octanol–water partition coefficient (Wildman–Crippen LogP) is 0.537. The van der Waals surface area contributed by atoms with Gasteiger partial charge >= 0.3 is 5.97 Å². The zero-order chi connectivity index (χ0) is 10.6. The number of terminal acetylenes is 1. The summed E-state index contributed by atoms with van der Waals surface area (Å²) >= 11 is 0. The van der Waals surface area contributed by atoms with E-state index in [9.17, 15) is 4.79 Å². The first-order chi connectivity index (χ1) is 6.63. The molecule has 14 heavy (non-hydrogen) atoms. The molecule has 0 aliphatic heterocycles. The van der Waals surface area contributed by atoms with Crippen molar-refractivity contribution in [1.82, 2.24) is 4.98 Å². The highest BCUT2D eigenvalue weighted by atomic mass is 16.4. The third kappa shape index (κ3) is 2.57. The molecular weight excluding hydrogens is 180 g/mol. The molecule has 1 heterocycles. The van der Waals surface area contributed by atoms with Gasteiger partial charge in [-0.2, -0.15) is 0 Å². The minimum atomic E-state index is -0.941. The van der Waals surface area contributed by atoms with Crippen LogP contribution >= 0.6 is 0 Å². The summed E-state index contributed by atoms with van der Waals surface area (Å²) in [6.45, 7) is 0. The molecular formula is C10H10N2O2. The average Bonchev–Trinajstić information content (AvgIpc) is 2.17. The van der Waals surface area contributed by atoms with Crippen LogP contribution in [0.15, 0.2) is 18.5 Å². The lowest BCUT2D eigenvalue weighted by Gasteiger charge is -2.08. The van der Waals surface area contributed by atoms with E-state index in [4.69, 9.17) is 17.3 Å². The van der Waals surface area contributed by atoms with Gasteiger partial charge in [0, 0.05) is 24.0 Å². The second kappa shape index (κ2) is 4.40. The van der Waals surface area contributed by atoms with Gasteiger partial charge in [0.15, 0.2) is 0 Å². The number of hydrogen-bond donors (Lipinski definition) is 2. The second-order valence-electron chi connectivity index (χ2n) is 2.86. The summed E-state index contributed by atoms with van der Waals surface area (Å²) in [6.07, 6.45) is 8.09. The van der Waals surface area contributed by atoms with Gasteiger partial charge in [-0.25, -0.2) is 0 Å². The summed E-state index contributed by atoms with van der Waals surface area (Å²) in [4.78, 5) is 14.3. The molecule has 1 aromatic rings. The molecule has 0 spiro atoms. The number of nitrogens with two attached hydrogens (primary N) is 1. The van der Waals surface area contributed by atoms with Crippen LogP contribution in [0.2, 0.25) is 0 Å². The molecule has 0 radical (unpaired) electrons. The fourth-order valence-electron chi connectivity index (χ4n) is 1.05. The summed E-state index contributed by atoms with van der Waals surface area (Å²) in [5.41, 5.74) is 6.87. The molecule has 72 valence electrons. The first-order valence-electron chi connectivity index (χ1n) is 4.02. The van der Waals surface area contributed by atoms with Crippen molar-refractivity contribution in [3.8, 4) is 12.3 Å². The SMILES string of the molecule is C#Cc1cncc(C(N)CC(=O)O)c1. The maximum atomic E-state index is 10.4. The molecule has 0 saturated carbocycles. The van der Waals surface area contributed by atoms with Gasteiger partial charge in [0.25, 0.3) is 0 Å².